The van der Waals surface area contributed by atoms with Gasteiger partial charge in [0.15, 0.2) is 0 Å². The van der Waals surface area contributed by atoms with Gasteiger partial charge in [-0.05, 0) is 13.8 Å². The molecule has 0 spiro atoms. The number of fused-ring (bicyclic) bond motifs is 1. The quantitative estimate of drug-likeness (QED) is 0.631. The highest BCUT2D eigenvalue weighted by Gasteiger charge is 2.24. The molecule has 1 aromatic rings. The predicted octanol–water partition coefficient (Wildman–Crippen LogP) is 1.20. The largest absolute Gasteiger partial charge is 0.473 e. The van der Waals surface area contributed by atoms with Crippen molar-refractivity contribution in [2.24, 2.45) is 0 Å². The standard InChI is InChI=1S/C8H13N3O/c1-5-3-6(2)12-8-7(9)4-10-11(5)8/h4-6H,3,9H2,1-2H3/t5-,6-/m1/s1. The summed E-state index contributed by atoms with van der Waals surface area (Å²) in [6.07, 6.45) is 2.88. The van der Waals surface area contributed by atoms with Crippen LogP contribution in [-0.4, -0.2) is 15.9 Å². The fourth-order valence-electron chi connectivity index (χ4n) is 1.62. The molecule has 12 heavy (non-hydrogen) atoms. The molecule has 1 aromatic heterocycles. The van der Waals surface area contributed by atoms with Crippen LogP contribution in [0.25, 0.3) is 0 Å². The molecule has 2 rings (SSSR count). The molecule has 2 heterocycles. The summed E-state index contributed by atoms with van der Waals surface area (Å²) in [4.78, 5) is 0. The van der Waals surface area contributed by atoms with E-state index in [-0.39, 0.29) is 6.10 Å². The van der Waals surface area contributed by atoms with Gasteiger partial charge in [-0.1, -0.05) is 0 Å². The molecule has 4 nitrogen and oxygen atoms in total. The van der Waals surface area contributed by atoms with E-state index < -0.39 is 0 Å². The summed E-state index contributed by atoms with van der Waals surface area (Å²) in [5.41, 5.74) is 6.31. The first-order valence-electron chi connectivity index (χ1n) is 4.18. The van der Waals surface area contributed by atoms with Crippen LogP contribution in [0, 0.1) is 0 Å². The molecule has 0 radical (unpaired) electrons. The number of nitrogens with two attached hydrogens (primary N) is 1. The van der Waals surface area contributed by atoms with E-state index in [1.165, 1.54) is 0 Å². The number of hydrogen-bond donors (Lipinski definition) is 1. The van der Waals surface area contributed by atoms with Gasteiger partial charge >= 0.3 is 0 Å². The van der Waals surface area contributed by atoms with Crippen LogP contribution in [0.3, 0.4) is 0 Å². The van der Waals surface area contributed by atoms with Gasteiger partial charge in [-0.2, -0.15) is 5.10 Å². The summed E-state index contributed by atoms with van der Waals surface area (Å²) in [7, 11) is 0. The Bertz CT molecular complexity index is 294. The zero-order chi connectivity index (χ0) is 8.72. The average Bonchev–Trinajstić information content (AvgIpc) is 2.33. The van der Waals surface area contributed by atoms with Crippen molar-refractivity contribution in [1.29, 1.82) is 0 Å². The maximum atomic E-state index is 5.68. The van der Waals surface area contributed by atoms with Crippen molar-refractivity contribution < 1.29 is 4.74 Å². The second-order valence-electron chi connectivity index (χ2n) is 3.36. The molecule has 2 atom stereocenters. The number of hydrogen-bond acceptors (Lipinski definition) is 3. The maximum absolute atomic E-state index is 5.68. The molecule has 4 heteroatoms. The van der Waals surface area contributed by atoms with Gasteiger partial charge in [0.05, 0.1) is 18.3 Å². The Hall–Kier alpha value is -1.19. The summed E-state index contributed by atoms with van der Waals surface area (Å²) in [6.45, 7) is 4.17. The lowest BCUT2D eigenvalue weighted by Gasteiger charge is -2.26. The van der Waals surface area contributed by atoms with E-state index in [2.05, 4.69) is 12.0 Å². The average molecular weight is 167 g/mol. The van der Waals surface area contributed by atoms with Gasteiger partial charge in [0.1, 0.15) is 5.69 Å². The number of nitrogen functional groups attached to an aromatic ring is 1. The molecule has 0 bridgehead atoms. The molecule has 0 unspecified atom stereocenters. The molecule has 1 aliphatic rings. The minimum absolute atomic E-state index is 0.242. The lowest BCUT2D eigenvalue weighted by Crippen LogP contribution is -2.26. The molecule has 0 amide bonds. The summed E-state index contributed by atoms with van der Waals surface area (Å²) in [5, 5.41) is 4.14. The molecule has 0 saturated carbocycles. The summed E-state index contributed by atoms with van der Waals surface area (Å²) < 4.78 is 7.39. The monoisotopic (exact) mass is 167 g/mol. The van der Waals surface area contributed by atoms with Gasteiger partial charge in [0.2, 0.25) is 5.88 Å². The first-order chi connectivity index (χ1) is 5.68. The molecular weight excluding hydrogens is 154 g/mol. The highest BCUT2D eigenvalue weighted by Crippen LogP contribution is 2.32. The van der Waals surface area contributed by atoms with E-state index in [1.807, 2.05) is 11.6 Å². The van der Waals surface area contributed by atoms with Gasteiger partial charge in [0.25, 0.3) is 0 Å². The molecule has 0 saturated heterocycles. The van der Waals surface area contributed by atoms with Crippen LogP contribution in [0.5, 0.6) is 5.88 Å². The summed E-state index contributed by atoms with van der Waals surface area (Å²) in [5.74, 6) is 0.723. The molecule has 0 aromatic carbocycles. The smallest absolute Gasteiger partial charge is 0.236 e. The number of aromatic nitrogens is 2. The van der Waals surface area contributed by atoms with Crippen molar-refractivity contribution in [2.45, 2.75) is 32.4 Å². The van der Waals surface area contributed by atoms with Crippen molar-refractivity contribution in [3.05, 3.63) is 6.20 Å². The fraction of sp³-hybridized carbons (Fsp3) is 0.625. The third kappa shape index (κ3) is 0.948. The highest BCUT2D eigenvalue weighted by molar-refractivity contribution is 5.47. The van der Waals surface area contributed by atoms with Crippen LogP contribution in [0.2, 0.25) is 0 Å². The van der Waals surface area contributed by atoms with E-state index in [1.54, 1.807) is 6.20 Å². The van der Waals surface area contributed by atoms with Crippen molar-refractivity contribution in [1.82, 2.24) is 9.78 Å². The lowest BCUT2D eigenvalue weighted by atomic mass is 10.1. The molecule has 0 aliphatic carbocycles. The molecular formula is C8H13N3O. The summed E-state index contributed by atoms with van der Waals surface area (Å²) >= 11 is 0. The third-order valence-corrected chi connectivity index (χ3v) is 2.18. The maximum Gasteiger partial charge on any atom is 0.236 e. The Labute approximate surface area is 71.3 Å². The Kier molecular flexibility index (Phi) is 1.49. The normalized spacial score (nSPS) is 27.8. The van der Waals surface area contributed by atoms with Crippen LogP contribution in [0.1, 0.15) is 26.3 Å². The van der Waals surface area contributed by atoms with Gasteiger partial charge in [-0.25, -0.2) is 4.68 Å². The minimum atomic E-state index is 0.242. The number of rotatable bonds is 0. The molecule has 66 valence electrons. The van der Waals surface area contributed by atoms with E-state index >= 15 is 0 Å². The van der Waals surface area contributed by atoms with Crippen molar-refractivity contribution in [3.8, 4) is 5.88 Å². The number of ether oxygens (including phenoxy) is 1. The second-order valence-corrected chi connectivity index (χ2v) is 3.36. The lowest BCUT2D eigenvalue weighted by molar-refractivity contribution is 0.128. The van der Waals surface area contributed by atoms with Gasteiger partial charge < -0.3 is 10.5 Å². The zero-order valence-electron chi connectivity index (χ0n) is 7.32. The summed E-state index contributed by atoms with van der Waals surface area (Å²) in [6, 6.07) is 0.390. The second kappa shape index (κ2) is 2.40. The van der Waals surface area contributed by atoms with Crippen molar-refractivity contribution in [2.75, 3.05) is 5.73 Å². The van der Waals surface area contributed by atoms with Crippen molar-refractivity contribution in [3.63, 3.8) is 0 Å². The fourth-order valence-corrected chi connectivity index (χ4v) is 1.62. The SMILES string of the molecule is C[C@@H]1C[C@@H](C)n2ncc(N)c2O1. The Morgan fingerprint density at radius 3 is 3.17 bits per heavy atom. The van der Waals surface area contributed by atoms with E-state index in [0.717, 1.165) is 12.3 Å². The van der Waals surface area contributed by atoms with Gasteiger partial charge in [-0.3, -0.25) is 0 Å². The first-order valence-corrected chi connectivity index (χ1v) is 4.18. The Morgan fingerprint density at radius 2 is 2.42 bits per heavy atom. The third-order valence-electron chi connectivity index (χ3n) is 2.18. The van der Waals surface area contributed by atoms with Crippen LogP contribution in [0.15, 0.2) is 6.20 Å². The predicted molar refractivity (Wildman–Crippen MR) is 46.1 cm³/mol. The zero-order valence-corrected chi connectivity index (χ0v) is 7.32. The Balaban J connectivity index is 2.43. The molecule has 0 fully saturated rings. The van der Waals surface area contributed by atoms with Gasteiger partial charge in [-0.15, -0.1) is 0 Å². The highest BCUT2D eigenvalue weighted by atomic mass is 16.5. The van der Waals surface area contributed by atoms with E-state index in [0.29, 0.717) is 11.7 Å². The van der Waals surface area contributed by atoms with Crippen LogP contribution in [0.4, 0.5) is 5.69 Å². The van der Waals surface area contributed by atoms with Gasteiger partial charge in [0, 0.05) is 6.42 Å². The topological polar surface area (TPSA) is 53.1 Å². The number of anilines is 1. The van der Waals surface area contributed by atoms with Crippen molar-refractivity contribution >= 4 is 5.69 Å². The molecule has 1 aliphatic heterocycles. The van der Waals surface area contributed by atoms with Crippen LogP contribution in [-0.2, 0) is 0 Å². The molecule has 2 N–H and O–H groups in total. The first kappa shape index (κ1) is 7.46. The van der Waals surface area contributed by atoms with Crippen LogP contribution >= 0.6 is 0 Å². The van der Waals surface area contributed by atoms with Crippen LogP contribution < -0.4 is 10.5 Å². The Morgan fingerprint density at radius 1 is 1.67 bits per heavy atom. The minimum Gasteiger partial charge on any atom is -0.473 e. The number of nitrogens with zero attached hydrogens (tertiary/aromatic N) is 2. The van der Waals surface area contributed by atoms with E-state index in [4.69, 9.17) is 10.5 Å². The van der Waals surface area contributed by atoms with E-state index in [9.17, 15) is 0 Å².